The summed E-state index contributed by atoms with van der Waals surface area (Å²) in [5.74, 6) is -0.0277. The van der Waals surface area contributed by atoms with Crippen molar-refractivity contribution < 1.29 is 14.3 Å². The maximum atomic E-state index is 11.4. The molecule has 2 amide bonds. The fourth-order valence-electron chi connectivity index (χ4n) is 1.46. The van der Waals surface area contributed by atoms with E-state index in [1.54, 1.807) is 7.11 Å². The summed E-state index contributed by atoms with van der Waals surface area (Å²) in [5, 5.41) is 2.44. The van der Waals surface area contributed by atoms with Crippen LogP contribution in [0, 0.1) is 0 Å². The molecule has 0 unspecified atom stereocenters. The number of methoxy groups -OCH3 is 1. The molecule has 0 saturated carbocycles. The largest absolute Gasteiger partial charge is 0.496 e. The summed E-state index contributed by atoms with van der Waals surface area (Å²) in [6, 6.07) is 5.61. The van der Waals surface area contributed by atoms with E-state index in [1.807, 2.05) is 18.2 Å². The van der Waals surface area contributed by atoms with Crippen LogP contribution in [0.5, 0.6) is 5.75 Å². The Morgan fingerprint density at radius 1 is 1.44 bits per heavy atom. The molecule has 18 heavy (non-hydrogen) atoms. The predicted molar refractivity (Wildman–Crippen MR) is 71.2 cm³/mol. The van der Waals surface area contributed by atoms with Crippen molar-refractivity contribution in [2.75, 3.05) is 13.7 Å². The van der Waals surface area contributed by atoms with Gasteiger partial charge in [0.1, 0.15) is 5.75 Å². The van der Waals surface area contributed by atoms with Gasteiger partial charge in [-0.05, 0) is 30.2 Å². The van der Waals surface area contributed by atoms with Gasteiger partial charge >= 0.3 is 0 Å². The zero-order valence-corrected chi connectivity index (χ0v) is 11.6. The number of primary amides is 1. The van der Waals surface area contributed by atoms with Gasteiger partial charge in [0.15, 0.2) is 0 Å². The number of halogens is 1. The molecule has 1 aromatic rings. The first kappa shape index (κ1) is 14.5. The molecule has 0 atom stereocenters. The highest BCUT2D eigenvalue weighted by molar-refractivity contribution is 9.10. The van der Waals surface area contributed by atoms with Gasteiger partial charge < -0.3 is 15.8 Å². The molecule has 0 aliphatic rings. The minimum Gasteiger partial charge on any atom is -0.496 e. The van der Waals surface area contributed by atoms with Crippen molar-refractivity contribution in [1.82, 2.24) is 5.32 Å². The number of nitrogens with two attached hydrogens (primary N) is 1. The SMILES string of the molecule is COc1ccc(Br)cc1CCC(=O)NCC(N)=O. The average molecular weight is 315 g/mol. The molecular formula is C12H15BrN2O3. The number of nitrogens with one attached hydrogen (secondary N) is 1. The van der Waals surface area contributed by atoms with Crippen LogP contribution in [0.25, 0.3) is 0 Å². The smallest absolute Gasteiger partial charge is 0.236 e. The van der Waals surface area contributed by atoms with Crippen LogP contribution in [-0.2, 0) is 16.0 Å². The Morgan fingerprint density at radius 3 is 2.78 bits per heavy atom. The van der Waals surface area contributed by atoms with Crippen molar-refractivity contribution in [2.24, 2.45) is 5.73 Å². The van der Waals surface area contributed by atoms with Crippen LogP contribution in [-0.4, -0.2) is 25.5 Å². The van der Waals surface area contributed by atoms with Crippen LogP contribution in [0.1, 0.15) is 12.0 Å². The molecule has 0 saturated heterocycles. The number of rotatable bonds is 6. The lowest BCUT2D eigenvalue weighted by molar-refractivity contribution is -0.124. The predicted octanol–water partition coefficient (Wildman–Crippen LogP) is 0.992. The summed E-state index contributed by atoms with van der Waals surface area (Å²) >= 11 is 3.37. The Balaban J connectivity index is 2.54. The Morgan fingerprint density at radius 2 is 2.17 bits per heavy atom. The van der Waals surface area contributed by atoms with Crippen molar-refractivity contribution in [1.29, 1.82) is 0 Å². The van der Waals surface area contributed by atoms with E-state index in [9.17, 15) is 9.59 Å². The first-order valence-corrected chi connectivity index (χ1v) is 6.19. The van der Waals surface area contributed by atoms with Crippen LogP contribution in [0.3, 0.4) is 0 Å². The fraction of sp³-hybridized carbons (Fsp3) is 0.333. The second kappa shape index (κ2) is 7.00. The van der Waals surface area contributed by atoms with Crippen LogP contribution in [0.4, 0.5) is 0 Å². The lowest BCUT2D eigenvalue weighted by atomic mass is 10.1. The number of hydrogen-bond acceptors (Lipinski definition) is 3. The lowest BCUT2D eigenvalue weighted by Crippen LogP contribution is -2.33. The van der Waals surface area contributed by atoms with Gasteiger partial charge in [-0.2, -0.15) is 0 Å². The molecule has 5 nitrogen and oxygen atoms in total. The van der Waals surface area contributed by atoms with E-state index in [-0.39, 0.29) is 18.9 Å². The molecule has 0 aliphatic heterocycles. The van der Waals surface area contributed by atoms with Crippen LogP contribution >= 0.6 is 15.9 Å². The quantitative estimate of drug-likeness (QED) is 0.821. The van der Waals surface area contributed by atoms with Gasteiger partial charge in [-0.3, -0.25) is 9.59 Å². The second-order valence-corrected chi connectivity index (χ2v) is 4.61. The van der Waals surface area contributed by atoms with E-state index in [1.165, 1.54) is 0 Å². The Bertz CT molecular complexity index is 449. The van der Waals surface area contributed by atoms with Crippen molar-refractivity contribution in [2.45, 2.75) is 12.8 Å². The third-order valence-electron chi connectivity index (χ3n) is 2.32. The van der Waals surface area contributed by atoms with Gasteiger partial charge in [-0.25, -0.2) is 0 Å². The van der Waals surface area contributed by atoms with E-state index in [0.717, 1.165) is 15.8 Å². The fourth-order valence-corrected chi connectivity index (χ4v) is 1.87. The average Bonchev–Trinajstić information content (AvgIpc) is 2.34. The van der Waals surface area contributed by atoms with Gasteiger partial charge in [-0.1, -0.05) is 15.9 Å². The molecule has 0 spiro atoms. The van der Waals surface area contributed by atoms with Crippen molar-refractivity contribution >= 4 is 27.7 Å². The van der Waals surface area contributed by atoms with Crippen molar-refractivity contribution in [3.05, 3.63) is 28.2 Å². The van der Waals surface area contributed by atoms with Crippen LogP contribution < -0.4 is 15.8 Å². The van der Waals surface area contributed by atoms with E-state index in [4.69, 9.17) is 10.5 Å². The lowest BCUT2D eigenvalue weighted by Gasteiger charge is -2.09. The van der Waals surface area contributed by atoms with Crippen LogP contribution in [0.2, 0.25) is 0 Å². The first-order chi connectivity index (χ1) is 8.52. The summed E-state index contributed by atoms with van der Waals surface area (Å²) in [6.45, 7) is -0.131. The Labute approximate surface area is 114 Å². The highest BCUT2D eigenvalue weighted by Crippen LogP contribution is 2.23. The Kier molecular flexibility index (Phi) is 5.64. The third-order valence-corrected chi connectivity index (χ3v) is 2.82. The summed E-state index contributed by atoms with van der Waals surface area (Å²) in [6.07, 6.45) is 0.813. The zero-order valence-electron chi connectivity index (χ0n) is 10.0. The topological polar surface area (TPSA) is 81.4 Å². The molecule has 3 N–H and O–H groups in total. The standard InChI is InChI=1S/C12H15BrN2O3/c1-18-10-4-3-9(13)6-8(10)2-5-12(17)15-7-11(14)16/h3-4,6H,2,5,7H2,1H3,(H2,14,16)(H,15,17). The normalized spacial score (nSPS) is 9.89. The summed E-state index contributed by atoms with van der Waals surface area (Å²) in [5.41, 5.74) is 5.87. The zero-order chi connectivity index (χ0) is 13.5. The number of benzene rings is 1. The van der Waals surface area contributed by atoms with E-state index in [2.05, 4.69) is 21.2 Å². The number of hydrogen-bond donors (Lipinski definition) is 2. The maximum absolute atomic E-state index is 11.4. The number of aryl methyl sites for hydroxylation is 1. The van der Waals surface area contributed by atoms with Gasteiger partial charge in [0.25, 0.3) is 0 Å². The van der Waals surface area contributed by atoms with E-state index < -0.39 is 5.91 Å². The molecule has 0 aromatic heterocycles. The highest BCUT2D eigenvalue weighted by atomic mass is 79.9. The molecular weight excluding hydrogens is 300 g/mol. The van der Waals surface area contributed by atoms with Crippen molar-refractivity contribution in [3.8, 4) is 5.75 Å². The molecule has 98 valence electrons. The highest BCUT2D eigenvalue weighted by Gasteiger charge is 2.07. The molecule has 1 rings (SSSR count). The summed E-state index contributed by atoms with van der Waals surface area (Å²) < 4.78 is 6.13. The van der Waals surface area contributed by atoms with Gasteiger partial charge in [-0.15, -0.1) is 0 Å². The molecule has 0 bridgehead atoms. The van der Waals surface area contributed by atoms with Crippen LogP contribution in [0.15, 0.2) is 22.7 Å². The molecule has 0 heterocycles. The number of carbonyl (C=O) groups is 2. The number of carbonyl (C=O) groups excluding carboxylic acids is 2. The minimum absolute atomic E-state index is 0.131. The number of ether oxygens (including phenoxy) is 1. The molecule has 0 aliphatic carbocycles. The first-order valence-electron chi connectivity index (χ1n) is 5.40. The van der Waals surface area contributed by atoms with Crippen molar-refractivity contribution in [3.63, 3.8) is 0 Å². The monoisotopic (exact) mass is 314 g/mol. The molecule has 1 aromatic carbocycles. The van der Waals surface area contributed by atoms with E-state index >= 15 is 0 Å². The van der Waals surface area contributed by atoms with Gasteiger partial charge in [0.2, 0.25) is 11.8 Å². The number of amides is 2. The second-order valence-electron chi connectivity index (χ2n) is 3.70. The minimum atomic E-state index is -0.552. The third kappa shape index (κ3) is 4.75. The molecule has 6 heteroatoms. The van der Waals surface area contributed by atoms with E-state index in [0.29, 0.717) is 6.42 Å². The van der Waals surface area contributed by atoms with Gasteiger partial charge in [0, 0.05) is 10.9 Å². The maximum Gasteiger partial charge on any atom is 0.236 e. The van der Waals surface area contributed by atoms with Gasteiger partial charge in [0.05, 0.1) is 13.7 Å². The Hall–Kier alpha value is -1.56. The summed E-state index contributed by atoms with van der Waals surface area (Å²) in [4.78, 5) is 21.9. The summed E-state index contributed by atoms with van der Waals surface area (Å²) in [7, 11) is 1.58. The molecule has 0 fully saturated rings. The molecule has 0 radical (unpaired) electrons.